The third-order valence-electron chi connectivity index (χ3n) is 3.05. The molecule has 2 rings (SSSR count). The van der Waals surface area contributed by atoms with Crippen molar-refractivity contribution in [2.45, 2.75) is 26.3 Å². The Labute approximate surface area is 125 Å². The van der Waals surface area contributed by atoms with Crippen molar-refractivity contribution in [3.8, 4) is 17.6 Å². The molecule has 0 aliphatic rings. The summed E-state index contributed by atoms with van der Waals surface area (Å²) < 4.78 is 7.78. The van der Waals surface area contributed by atoms with Gasteiger partial charge in [0.05, 0.1) is 19.5 Å². The summed E-state index contributed by atoms with van der Waals surface area (Å²) in [5.41, 5.74) is 2.07. The molecule has 0 fully saturated rings. The van der Waals surface area contributed by atoms with Crippen LogP contribution in [0, 0.1) is 18.8 Å². The molecule has 0 aliphatic carbocycles. The Morgan fingerprint density at radius 2 is 2.29 bits per heavy atom. The Morgan fingerprint density at radius 3 is 3.00 bits per heavy atom. The fourth-order valence-electron chi connectivity index (χ4n) is 1.94. The number of aromatic nitrogens is 2. The number of hydrogen-bond donors (Lipinski definition) is 1. The highest BCUT2D eigenvalue weighted by molar-refractivity contribution is 5.44. The molecular weight excluding hydrogens is 264 g/mol. The molecule has 4 nitrogen and oxygen atoms in total. The van der Waals surface area contributed by atoms with Gasteiger partial charge in [0.2, 0.25) is 0 Å². The van der Waals surface area contributed by atoms with Crippen LogP contribution in [-0.4, -0.2) is 27.9 Å². The van der Waals surface area contributed by atoms with Gasteiger partial charge in [0.25, 0.3) is 0 Å². The maximum absolute atomic E-state index is 8.72. The molecular formula is C17H20N2O2. The normalized spacial score (nSPS) is 10.0. The van der Waals surface area contributed by atoms with Crippen molar-refractivity contribution < 1.29 is 9.84 Å². The average molecular weight is 284 g/mol. The third kappa shape index (κ3) is 4.97. The summed E-state index contributed by atoms with van der Waals surface area (Å²) in [6.07, 6.45) is 6.98. The zero-order valence-electron chi connectivity index (χ0n) is 12.2. The van der Waals surface area contributed by atoms with E-state index in [-0.39, 0.29) is 6.61 Å². The molecule has 0 aliphatic heterocycles. The van der Waals surface area contributed by atoms with Crippen molar-refractivity contribution in [1.82, 2.24) is 9.55 Å². The van der Waals surface area contributed by atoms with Crippen molar-refractivity contribution in [2.75, 3.05) is 13.2 Å². The number of rotatable bonds is 6. The second-order valence-electron chi connectivity index (χ2n) is 4.75. The quantitative estimate of drug-likeness (QED) is 0.654. The van der Waals surface area contributed by atoms with Gasteiger partial charge in [-0.05, 0) is 37.1 Å². The topological polar surface area (TPSA) is 47.3 Å². The summed E-state index contributed by atoms with van der Waals surface area (Å²) in [5, 5.41) is 8.72. The summed E-state index contributed by atoms with van der Waals surface area (Å²) in [6.45, 7) is 3.70. The lowest BCUT2D eigenvalue weighted by molar-refractivity contribution is 0.301. The first-order valence-corrected chi connectivity index (χ1v) is 7.08. The van der Waals surface area contributed by atoms with Crippen molar-refractivity contribution in [3.63, 3.8) is 0 Å². The predicted octanol–water partition coefficient (Wildman–Crippen LogP) is 2.39. The van der Waals surface area contributed by atoms with Crippen molar-refractivity contribution in [2.24, 2.45) is 0 Å². The van der Waals surface area contributed by atoms with E-state index in [9.17, 15) is 0 Å². The van der Waals surface area contributed by atoms with Gasteiger partial charge in [-0.1, -0.05) is 11.8 Å². The van der Waals surface area contributed by atoms with Gasteiger partial charge in [-0.2, -0.15) is 0 Å². The number of benzene rings is 1. The van der Waals surface area contributed by atoms with E-state index in [1.807, 2.05) is 42.2 Å². The molecule has 21 heavy (non-hydrogen) atoms. The number of imidazole rings is 1. The van der Waals surface area contributed by atoms with Crippen LogP contribution in [0.4, 0.5) is 0 Å². The first kappa shape index (κ1) is 15.1. The molecule has 1 aromatic heterocycles. The second-order valence-corrected chi connectivity index (χ2v) is 4.75. The SMILES string of the molecule is Cc1cc(OCCCn2ccnc2)ccc1C#CCCO. The average Bonchev–Trinajstić information content (AvgIpc) is 2.99. The van der Waals surface area contributed by atoms with E-state index in [2.05, 4.69) is 16.8 Å². The molecule has 1 aromatic carbocycles. The second kappa shape index (κ2) is 8.13. The van der Waals surface area contributed by atoms with Gasteiger partial charge >= 0.3 is 0 Å². The number of aliphatic hydroxyl groups excluding tert-OH is 1. The van der Waals surface area contributed by atoms with Gasteiger partial charge in [-0.15, -0.1) is 0 Å². The Hall–Kier alpha value is -2.25. The molecule has 1 N–H and O–H groups in total. The largest absolute Gasteiger partial charge is 0.494 e. The van der Waals surface area contributed by atoms with Crippen LogP contribution >= 0.6 is 0 Å². The number of aliphatic hydroxyl groups is 1. The molecule has 0 saturated carbocycles. The molecule has 0 bridgehead atoms. The molecule has 0 amide bonds. The maximum atomic E-state index is 8.72. The lowest BCUT2D eigenvalue weighted by atomic mass is 10.1. The van der Waals surface area contributed by atoms with E-state index in [4.69, 9.17) is 9.84 Å². The van der Waals surface area contributed by atoms with E-state index < -0.39 is 0 Å². The number of hydrogen-bond acceptors (Lipinski definition) is 3. The van der Waals surface area contributed by atoms with Crippen LogP contribution in [0.5, 0.6) is 5.75 Å². The summed E-state index contributed by atoms with van der Waals surface area (Å²) >= 11 is 0. The van der Waals surface area contributed by atoms with Crippen molar-refractivity contribution in [1.29, 1.82) is 0 Å². The van der Waals surface area contributed by atoms with Gasteiger partial charge in [-0.3, -0.25) is 0 Å². The molecule has 2 aromatic rings. The number of ether oxygens (including phenoxy) is 1. The molecule has 0 saturated heterocycles. The Morgan fingerprint density at radius 1 is 1.38 bits per heavy atom. The summed E-state index contributed by atoms with van der Waals surface area (Å²) in [4.78, 5) is 4.00. The Kier molecular flexibility index (Phi) is 5.86. The van der Waals surface area contributed by atoms with Gasteiger partial charge in [-0.25, -0.2) is 4.98 Å². The van der Waals surface area contributed by atoms with Gasteiger partial charge < -0.3 is 14.4 Å². The van der Waals surface area contributed by atoms with Crippen molar-refractivity contribution in [3.05, 3.63) is 48.0 Å². The van der Waals surface area contributed by atoms with E-state index in [0.717, 1.165) is 29.8 Å². The Balaban J connectivity index is 1.81. The minimum absolute atomic E-state index is 0.101. The molecule has 4 heteroatoms. The van der Waals surface area contributed by atoms with Crippen LogP contribution in [0.15, 0.2) is 36.9 Å². The summed E-state index contributed by atoms with van der Waals surface area (Å²) in [5.74, 6) is 6.85. The van der Waals surface area contributed by atoms with Gasteiger partial charge in [0.15, 0.2) is 0 Å². The molecule has 0 unspecified atom stereocenters. The first-order chi connectivity index (χ1) is 10.3. The number of aryl methyl sites for hydroxylation is 2. The number of nitrogens with zero attached hydrogens (tertiary/aromatic N) is 2. The van der Waals surface area contributed by atoms with E-state index in [1.165, 1.54) is 0 Å². The van der Waals surface area contributed by atoms with Gasteiger partial charge in [0.1, 0.15) is 5.75 Å². The molecule has 0 radical (unpaired) electrons. The highest BCUT2D eigenvalue weighted by atomic mass is 16.5. The van der Waals surface area contributed by atoms with Crippen LogP contribution in [0.1, 0.15) is 24.0 Å². The Bertz CT molecular complexity index is 609. The molecule has 0 atom stereocenters. The van der Waals surface area contributed by atoms with E-state index in [1.54, 1.807) is 6.20 Å². The third-order valence-corrected chi connectivity index (χ3v) is 3.05. The smallest absolute Gasteiger partial charge is 0.119 e. The van der Waals surface area contributed by atoms with Gasteiger partial charge in [0, 0.05) is 30.9 Å². The first-order valence-electron chi connectivity index (χ1n) is 7.08. The monoisotopic (exact) mass is 284 g/mol. The summed E-state index contributed by atoms with van der Waals surface area (Å²) in [6, 6.07) is 5.90. The summed E-state index contributed by atoms with van der Waals surface area (Å²) in [7, 11) is 0. The van der Waals surface area contributed by atoms with E-state index >= 15 is 0 Å². The maximum Gasteiger partial charge on any atom is 0.119 e. The standard InChI is InChI=1S/C17H20N2O2/c1-15-13-17(7-6-16(15)5-2-3-11-20)21-12-4-9-19-10-8-18-14-19/h6-8,10,13-14,20H,3-4,9,11-12H2,1H3. The lowest BCUT2D eigenvalue weighted by Crippen LogP contribution is -2.03. The van der Waals surface area contributed by atoms with E-state index in [0.29, 0.717) is 13.0 Å². The molecule has 110 valence electrons. The zero-order chi connectivity index (χ0) is 14.9. The highest BCUT2D eigenvalue weighted by Crippen LogP contribution is 2.16. The lowest BCUT2D eigenvalue weighted by Gasteiger charge is -2.08. The minimum Gasteiger partial charge on any atom is -0.494 e. The van der Waals surface area contributed by atoms with Crippen molar-refractivity contribution >= 4 is 0 Å². The molecule has 1 heterocycles. The predicted molar refractivity (Wildman–Crippen MR) is 82.1 cm³/mol. The van der Waals surface area contributed by atoms with Crippen LogP contribution in [0.25, 0.3) is 0 Å². The van der Waals surface area contributed by atoms with Crippen LogP contribution in [-0.2, 0) is 6.54 Å². The fraction of sp³-hybridized carbons (Fsp3) is 0.353. The fourth-order valence-corrected chi connectivity index (χ4v) is 1.94. The molecule has 0 spiro atoms. The van der Waals surface area contributed by atoms with Crippen LogP contribution in [0.2, 0.25) is 0 Å². The minimum atomic E-state index is 0.101. The zero-order valence-corrected chi connectivity index (χ0v) is 12.2. The highest BCUT2D eigenvalue weighted by Gasteiger charge is 1.99. The van der Waals surface area contributed by atoms with Crippen LogP contribution in [0.3, 0.4) is 0 Å². The van der Waals surface area contributed by atoms with Crippen LogP contribution < -0.4 is 4.74 Å².